The zero-order chi connectivity index (χ0) is 14.5. The normalized spacial score (nSPS) is 19.4. The number of hydrogen-bond acceptors (Lipinski definition) is 6. The molecule has 0 amide bonds. The summed E-state index contributed by atoms with van der Waals surface area (Å²) < 4.78 is 5.81. The van der Waals surface area contributed by atoms with Crippen molar-refractivity contribution in [3.05, 3.63) is 5.28 Å². The summed E-state index contributed by atoms with van der Waals surface area (Å²) in [6, 6.07) is 0. The minimum absolute atomic E-state index is 0.242. The molecule has 0 unspecified atom stereocenters. The van der Waals surface area contributed by atoms with Crippen molar-refractivity contribution in [1.82, 2.24) is 15.0 Å². The molecule has 1 N–H and O–H groups in total. The molecular formula is C14H22ClN5O. The van der Waals surface area contributed by atoms with E-state index in [-0.39, 0.29) is 5.28 Å². The highest BCUT2D eigenvalue weighted by Crippen LogP contribution is 2.21. The van der Waals surface area contributed by atoms with E-state index in [1.165, 1.54) is 38.5 Å². The van der Waals surface area contributed by atoms with Crippen molar-refractivity contribution >= 4 is 23.5 Å². The lowest BCUT2D eigenvalue weighted by Gasteiger charge is -2.16. The molecule has 21 heavy (non-hydrogen) atoms. The van der Waals surface area contributed by atoms with E-state index in [0.717, 1.165) is 13.1 Å². The van der Waals surface area contributed by atoms with E-state index in [1.54, 1.807) is 0 Å². The molecule has 1 saturated heterocycles. The highest BCUT2D eigenvalue weighted by molar-refractivity contribution is 6.28. The third kappa shape index (κ3) is 4.17. The van der Waals surface area contributed by atoms with Crippen LogP contribution in [0.1, 0.15) is 38.5 Å². The van der Waals surface area contributed by atoms with Gasteiger partial charge in [0.1, 0.15) is 0 Å². The Balaban J connectivity index is 1.49. The molecule has 0 atom stereocenters. The van der Waals surface area contributed by atoms with Gasteiger partial charge in [-0.1, -0.05) is 12.8 Å². The van der Waals surface area contributed by atoms with Gasteiger partial charge in [0.2, 0.25) is 17.2 Å². The quantitative estimate of drug-likeness (QED) is 0.814. The van der Waals surface area contributed by atoms with Crippen LogP contribution in [0.4, 0.5) is 11.9 Å². The molecule has 1 saturated carbocycles. The molecule has 116 valence electrons. The second-order valence-electron chi connectivity index (χ2n) is 5.63. The van der Waals surface area contributed by atoms with Gasteiger partial charge >= 0.3 is 0 Å². The molecule has 3 rings (SSSR count). The average Bonchev–Trinajstić information content (AvgIpc) is 3.16. The van der Waals surface area contributed by atoms with E-state index < -0.39 is 0 Å². The minimum Gasteiger partial charge on any atom is -0.376 e. The van der Waals surface area contributed by atoms with E-state index in [0.29, 0.717) is 31.2 Å². The summed E-state index contributed by atoms with van der Waals surface area (Å²) in [5.74, 6) is 1.21. The first-order valence-corrected chi connectivity index (χ1v) is 8.21. The Morgan fingerprint density at radius 1 is 1.10 bits per heavy atom. The van der Waals surface area contributed by atoms with Crippen molar-refractivity contribution in [3.63, 3.8) is 0 Å². The number of aromatic nitrogens is 3. The summed E-state index contributed by atoms with van der Waals surface area (Å²) in [6.07, 6.45) is 7.77. The number of anilines is 2. The van der Waals surface area contributed by atoms with E-state index in [1.807, 2.05) is 0 Å². The van der Waals surface area contributed by atoms with Gasteiger partial charge < -0.3 is 15.0 Å². The standard InChI is InChI=1S/C14H22ClN5O/c15-12-17-13(16-7-10-21-11-5-1-2-6-11)19-14(18-12)20-8-3-4-9-20/h11H,1-10H2,(H,16,17,18,19). The van der Waals surface area contributed by atoms with Gasteiger partial charge in [-0.25, -0.2) is 0 Å². The number of nitrogens with one attached hydrogen (secondary N) is 1. The number of ether oxygens (including phenoxy) is 1. The van der Waals surface area contributed by atoms with Crippen molar-refractivity contribution in [1.29, 1.82) is 0 Å². The summed E-state index contributed by atoms with van der Waals surface area (Å²) >= 11 is 5.98. The van der Waals surface area contributed by atoms with E-state index in [9.17, 15) is 0 Å². The topological polar surface area (TPSA) is 63.2 Å². The predicted molar refractivity (Wildman–Crippen MR) is 83.0 cm³/mol. The van der Waals surface area contributed by atoms with Crippen molar-refractivity contribution in [2.45, 2.75) is 44.6 Å². The van der Waals surface area contributed by atoms with Crippen LogP contribution in [0.15, 0.2) is 0 Å². The molecule has 1 aromatic heterocycles. The predicted octanol–water partition coefficient (Wildman–Crippen LogP) is 2.50. The number of halogens is 1. The average molecular weight is 312 g/mol. The van der Waals surface area contributed by atoms with Gasteiger partial charge in [0.05, 0.1) is 12.7 Å². The van der Waals surface area contributed by atoms with Gasteiger partial charge in [0, 0.05) is 19.6 Å². The molecule has 0 bridgehead atoms. The molecule has 2 fully saturated rings. The van der Waals surface area contributed by atoms with Crippen LogP contribution in [-0.4, -0.2) is 47.3 Å². The monoisotopic (exact) mass is 311 g/mol. The molecule has 0 spiro atoms. The first kappa shape index (κ1) is 14.8. The Kier molecular flexibility index (Phi) is 5.08. The molecule has 1 aliphatic carbocycles. The Labute approximate surface area is 130 Å². The van der Waals surface area contributed by atoms with Gasteiger partial charge in [0.15, 0.2) is 0 Å². The largest absolute Gasteiger partial charge is 0.376 e. The van der Waals surface area contributed by atoms with Crippen LogP contribution in [0, 0.1) is 0 Å². The fourth-order valence-corrected chi connectivity index (χ4v) is 3.08. The lowest BCUT2D eigenvalue weighted by Crippen LogP contribution is -2.22. The lowest BCUT2D eigenvalue weighted by atomic mass is 10.3. The molecule has 0 aromatic carbocycles. The van der Waals surface area contributed by atoms with Crippen LogP contribution in [0.5, 0.6) is 0 Å². The maximum absolute atomic E-state index is 5.98. The van der Waals surface area contributed by atoms with Gasteiger partial charge in [-0.15, -0.1) is 0 Å². The summed E-state index contributed by atoms with van der Waals surface area (Å²) in [5, 5.41) is 3.42. The number of nitrogens with zero attached hydrogens (tertiary/aromatic N) is 4. The Morgan fingerprint density at radius 3 is 2.62 bits per heavy atom. The van der Waals surface area contributed by atoms with Gasteiger partial charge in [-0.3, -0.25) is 0 Å². The first-order valence-electron chi connectivity index (χ1n) is 7.83. The third-order valence-electron chi connectivity index (χ3n) is 4.03. The molecule has 7 heteroatoms. The van der Waals surface area contributed by atoms with Crippen LogP contribution in [0.3, 0.4) is 0 Å². The van der Waals surface area contributed by atoms with E-state index in [4.69, 9.17) is 16.3 Å². The second kappa shape index (κ2) is 7.22. The highest BCUT2D eigenvalue weighted by Gasteiger charge is 2.17. The van der Waals surface area contributed by atoms with Crippen LogP contribution in [0.2, 0.25) is 5.28 Å². The van der Waals surface area contributed by atoms with Crippen molar-refractivity contribution in [3.8, 4) is 0 Å². The molecule has 0 radical (unpaired) electrons. The molecule has 1 aromatic rings. The molecule has 1 aliphatic heterocycles. The van der Waals surface area contributed by atoms with Crippen molar-refractivity contribution in [2.24, 2.45) is 0 Å². The Morgan fingerprint density at radius 2 is 1.86 bits per heavy atom. The van der Waals surface area contributed by atoms with Crippen LogP contribution >= 0.6 is 11.6 Å². The Bertz CT molecular complexity index is 461. The fraction of sp³-hybridized carbons (Fsp3) is 0.786. The van der Waals surface area contributed by atoms with E-state index >= 15 is 0 Å². The summed E-state index contributed by atoms with van der Waals surface area (Å²) in [7, 11) is 0. The smallest absolute Gasteiger partial charge is 0.231 e. The maximum Gasteiger partial charge on any atom is 0.231 e. The molecule has 2 aliphatic rings. The fourth-order valence-electron chi connectivity index (χ4n) is 2.92. The number of rotatable bonds is 6. The van der Waals surface area contributed by atoms with Gasteiger partial charge in [0.25, 0.3) is 0 Å². The molecule has 2 heterocycles. The summed E-state index contributed by atoms with van der Waals surface area (Å²) in [6.45, 7) is 3.35. The van der Waals surface area contributed by atoms with Crippen LogP contribution in [0.25, 0.3) is 0 Å². The van der Waals surface area contributed by atoms with Crippen LogP contribution < -0.4 is 10.2 Å². The Hall–Kier alpha value is -1.14. The summed E-state index contributed by atoms with van der Waals surface area (Å²) in [5.41, 5.74) is 0. The molecule has 6 nitrogen and oxygen atoms in total. The third-order valence-corrected chi connectivity index (χ3v) is 4.20. The van der Waals surface area contributed by atoms with Crippen molar-refractivity contribution in [2.75, 3.05) is 36.5 Å². The van der Waals surface area contributed by atoms with E-state index in [2.05, 4.69) is 25.2 Å². The maximum atomic E-state index is 5.98. The first-order chi connectivity index (χ1) is 10.3. The summed E-state index contributed by atoms with van der Waals surface area (Å²) in [4.78, 5) is 14.9. The van der Waals surface area contributed by atoms with Crippen LogP contribution in [-0.2, 0) is 4.74 Å². The molecular weight excluding hydrogens is 290 g/mol. The SMILES string of the molecule is Clc1nc(NCCOC2CCCC2)nc(N2CCCC2)n1. The van der Waals surface area contributed by atoms with Crippen molar-refractivity contribution < 1.29 is 4.74 Å². The van der Waals surface area contributed by atoms with Gasteiger partial charge in [-0.05, 0) is 37.3 Å². The zero-order valence-corrected chi connectivity index (χ0v) is 13.0. The zero-order valence-electron chi connectivity index (χ0n) is 12.2. The second-order valence-corrected chi connectivity index (χ2v) is 5.96. The number of hydrogen-bond donors (Lipinski definition) is 1. The van der Waals surface area contributed by atoms with Gasteiger partial charge in [-0.2, -0.15) is 15.0 Å². The minimum atomic E-state index is 0.242. The lowest BCUT2D eigenvalue weighted by molar-refractivity contribution is 0.0658. The highest BCUT2D eigenvalue weighted by atomic mass is 35.5.